The molecule has 2 heteroatoms. The molecular weight excluding hydrogens is 232 g/mol. The van der Waals surface area contributed by atoms with Crippen LogP contribution in [0.1, 0.15) is 22.7 Å². The van der Waals surface area contributed by atoms with Crippen molar-refractivity contribution in [2.24, 2.45) is 0 Å². The largest absolute Gasteiger partial charge is 0.348 e. The number of aromatic nitrogens is 2. The fraction of sp³-hybridized carbons (Fsp3) is 0.118. The Kier molecular flexibility index (Phi) is 3.41. The highest BCUT2D eigenvalue weighted by atomic mass is 14.9. The van der Waals surface area contributed by atoms with E-state index in [0.29, 0.717) is 5.92 Å². The van der Waals surface area contributed by atoms with Gasteiger partial charge in [-0.1, -0.05) is 60.7 Å². The van der Waals surface area contributed by atoms with Gasteiger partial charge in [-0.25, -0.2) is 4.98 Å². The van der Waals surface area contributed by atoms with Crippen molar-refractivity contribution in [1.29, 1.82) is 0 Å². The molecule has 3 rings (SSSR count). The van der Waals surface area contributed by atoms with Gasteiger partial charge in [0.1, 0.15) is 0 Å². The lowest BCUT2D eigenvalue weighted by atomic mass is 9.90. The molecule has 1 unspecified atom stereocenters. The average molecular weight is 248 g/mol. The van der Waals surface area contributed by atoms with Gasteiger partial charge >= 0.3 is 0 Å². The number of benzene rings is 2. The molecule has 0 saturated carbocycles. The van der Waals surface area contributed by atoms with Gasteiger partial charge in [0.2, 0.25) is 0 Å². The zero-order valence-electron chi connectivity index (χ0n) is 10.7. The van der Waals surface area contributed by atoms with E-state index >= 15 is 0 Å². The van der Waals surface area contributed by atoms with Crippen molar-refractivity contribution in [1.82, 2.24) is 9.97 Å². The molecule has 0 saturated heterocycles. The minimum Gasteiger partial charge on any atom is -0.348 e. The van der Waals surface area contributed by atoms with Gasteiger partial charge in [-0.3, -0.25) is 0 Å². The van der Waals surface area contributed by atoms with Crippen LogP contribution in [0.2, 0.25) is 0 Å². The first-order valence-electron chi connectivity index (χ1n) is 6.50. The number of nitrogens with one attached hydrogen (secondary N) is 1. The summed E-state index contributed by atoms with van der Waals surface area (Å²) in [6.07, 6.45) is 4.64. The van der Waals surface area contributed by atoms with Crippen molar-refractivity contribution in [3.63, 3.8) is 0 Å². The molecule has 0 aliphatic carbocycles. The minimum atomic E-state index is 0.325. The van der Waals surface area contributed by atoms with Crippen LogP contribution in [0.3, 0.4) is 0 Å². The molecule has 2 aromatic carbocycles. The van der Waals surface area contributed by atoms with E-state index < -0.39 is 0 Å². The molecular formula is C17H16N2. The molecule has 1 N–H and O–H groups in total. The first-order valence-corrected chi connectivity index (χ1v) is 6.50. The molecule has 0 radical (unpaired) electrons. The van der Waals surface area contributed by atoms with Gasteiger partial charge in [0.15, 0.2) is 0 Å². The standard InChI is InChI=1S/C17H16N2/c1-3-7-14(8-4-1)11-16(17-12-18-13-19-17)15-9-5-2-6-10-15/h1-10,12-13,16H,11H2,(H,18,19). The highest BCUT2D eigenvalue weighted by molar-refractivity contribution is 5.30. The SMILES string of the molecule is c1ccc(CC(c2ccccc2)c2cnc[nH]2)cc1. The predicted octanol–water partition coefficient (Wildman–Crippen LogP) is 3.78. The topological polar surface area (TPSA) is 28.7 Å². The molecule has 0 amide bonds. The highest BCUT2D eigenvalue weighted by Gasteiger charge is 2.15. The molecule has 0 fully saturated rings. The van der Waals surface area contributed by atoms with Gasteiger partial charge in [0.05, 0.1) is 6.33 Å². The monoisotopic (exact) mass is 248 g/mol. The lowest BCUT2D eigenvalue weighted by Crippen LogP contribution is -2.05. The Hall–Kier alpha value is -2.35. The fourth-order valence-electron chi connectivity index (χ4n) is 2.40. The van der Waals surface area contributed by atoms with E-state index in [-0.39, 0.29) is 0 Å². The predicted molar refractivity (Wildman–Crippen MR) is 77.0 cm³/mol. The summed E-state index contributed by atoms with van der Waals surface area (Å²) < 4.78 is 0. The second-order valence-electron chi connectivity index (χ2n) is 4.66. The van der Waals surface area contributed by atoms with Crippen LogP contribution in [0.4, 0.5) is 0 Å². The Morgan fingerprint density at radius 2 is 1.58 bits per heavy atom. The smallest absolute Gasteiger partial charge is 0.0921 e. The van der Waals surface area contributed by atoms with Gasteiger partial charge in [0.25, 0.3) is 0 Å². The van der Waals surface area contributed by atoms with Crippen LogP contribution in [-0.2, 0) is 6.42 Å². The van der Waals surface area contributed by atoms with E-state index in [1.807, 2.05) is 6.20 Å². The summed E-state index contributed by atoms with van der Waals surface area (Å²) in [6.45, 7) is 0. The third kappa shape index (κ3) is 2.74. The van der Waals surface area contributed by atoms with E-state index in [0.717, 1.165) is 12.1 Å². The van der Waals surface area contributed by atoms with E-state index in [1.165, 1.54) is 11.1 Å². The Morgan fingerprint density at radius 3 is 2.21 bits per heavy atom. The Bertz CT molecular complexity index is 600. The fourth-order valence-corrected chi connectivity index (χ4v) is 2.40. The normalized spacial score (nSPS) is 12.2. The van der Waals surface area contributed by atoms with Crippen molar-refractivity contribution in [2.45, 2.75) is 12.3 Å². The second-order valence-corrected chi connectivity index (χ2v) is 4.66. The van der Waals surface area contributed by atoms with Gasteiger partial charge in [-0.2, -0.15) is 0 Å². The molecule has 0 aliphatic heterocycles. The second kappa shape index (κ2) is 5.53. The Morgan fingerprint density at radius 1 is 0.895 bits per heavy atom. The third-order valence-corrected chi connectivity index (χ3v) is 3.38. The number of H-pyrrole nitrogens is 1. The molecule has 0 bridgehead atoms. The van der Waals surface area contributed by atoms with E-state index in [9.17, 15) is 0 Å². The molecule has 19 heavy (non-hydrogen) atoms. The first-order chi connectivity index (χ1) is 9.43. The zero-order chi connectivity index (χ0) is 12.9. The molecule has 94 valence electrons. The molecule has 2 nitrogen and oxygen atoms in total. The van der Waals surface area contributed by atoms with Crippen molar-refractivity contribution in [2.75, 3.05) is 0 Å². The average Bonchev–Trinajstić information content (AvgIpc) is 3.01. The lowest BCUT2D eigenvalue weighted by Gasteiger charge is -2.16. The van der Waals surface area contributed by atoms with Crippen molar-refractivity contribution < 1.29 is 0 Å². The Labute approximate surface area is 113 Å². The Balaban J connectivity index is 1.94. The maximum atomic E-state index is 4.15. The molecule has 1 heterocycles. The molecule has 3 aromatic rings. The summed E-state index contributed by atoms with van der Waals surface area (Å²) in [5.74, 6) is 0.325. The maximum absolute atomic E-state index is 4.15. The van der Waals surface area contributed by atoms with Crippen LogP contribution in [0.15, 0.2) is 73.2 Å². The number of hydrogen-bond donors (Lipinski definition) is 1. The molecule has 1 atom stereocenters. The number of imidazole rings is 1. The van der Waals surface area contributed by atoms with Crippen LogP contribution in [0.5, 0.6) is 0 Å². The van der Waals surface area contributed by atoms with Crippen molar-refractivity contribution in [3.05, 3.63) is 90.0 Å². The van der Waals surface area contributed by atoms with Gasteiger partial charge in [-0.05, 0) is 17.5 Å². The molecule has 0 aliphatic rings. The van der Waals surface area contributed by atoms with Crippen LogP contribution in [0, 0.1) is 0 Å². The lowest BCUT2D eigenvalue weighted by molar-refractivity contribution is 0.780. The minimum absolute atomic E-state index is 0.325. The highest BCUT2D eigenvalue weighted by Crippen LogP contribution is 2.26. The third-order valence-electron chi connectivity index (χ3n) is 3.38. The summed E-state index contributed by atoms with van der Waals surface area (Å²) in [4.78, 5) is 7.40. The number of nitrogens with zero attached hydrogens (tertiary/aromatic N) is 1. The zero-order valence-corrected chi connectivity index (χ0v) is 10.7. The summed E-state index contributed by atoms with van der Waals surface area (Å²) in [5.41, 5.74) is 3.82. The number of rotatable bonds is 4. The maximum Gasteiger partial charge on any atom is 0.0921 e. The molecule has 0 spiro atoms. The quantitative estimate of drug-likeness (QED) is 0.747. The van der Waals surface area contributed by atoms with Crippen LogP contribution in [0.25, 0.3) is 0 Å². The summed E-state index contributed by atoms with van der Waals surface area (Å²) in [7, 11) is 0. The van der Waals surface area contributed by atoms with Gasteiger partial charge in [-0.15, -0.1) is 0 Å². The van der Waals surface area contributed by atoms with Crippen LogP contribution in [-0.4, -0.2) is 9.97 Å². The van der Waals surface area contributed by atoms with Crippen LogP contribution >= 0.6 is 0 Å². The van der Waals surface area contributed by atoms with E-state index in [1.54, 1.807) is 6.33 Å². The number of aromatic amines is 1. The van der Waals surface area contributed by atoms with Crippen molar-refractivity contribution in [3.8, 4) is 0 Å². The van der Waals surface area contributed by atoms with Crippen molar-refractivity contribution >= 4 is 0 Å². The summed E-state index contributed by atoms with van der Waals surface area (Å²) in [5, 5.41) is 0. The summed E-state index contributed by atoms with van der Waals surface area (Å²) >= 11 is 0. The van der Waals surface area contributed by atoms with Crippen LogP contribution < -0.4 is 0 Å². The first kappa shape index (κ1) is 11.7. The number of hydrogen-bond acceptors (Lipinski definition) is 1. The van der Waals surface area contributed by atoms with E-state index in [2.05, 4.69) is 70.6 Å². The van der Waals surface area contributed by atoms with E-state index in [4.69, 9.17) is 0 Å². The summed E-state index contributed by atoms with van der Waals surface area (Å²) in [6, 6.07) is 21.1. The molecule has 1 aromatic heterocycles. The van der Waals surface area contributed by atoms with Gasteiger partial charge < -0.3 is 4.98 Å². The van der Waals surface area contributed by atoms with Gasteiger partial charge in [0, 0.05) is 17.8 Å².